The van der Waals surface area contributed by atoms with Crippen LogP contribution in [-0.4, -0.2) is 31.2 Å². The van der Waals surface area contributed by atoms with Gasteiger partial charge in [0.1, 0.15) is 6.04 Å². The Morgan fingerprint density at radius 3 is 2.50 bits per heavy atom. The number of ether oxygens (including phenoxy) is 1. The molecule has 0 aromatic carbocycles. The Kier molecular flexibility index (Phi) is 6.53. The van der Waals surface area contributed by atoms with Crippen LogP contribution in [0.3, 0.4) is 0 Å². The van der Waals surface area contributed by atoms with Crippen LogP contribution < -0.4 is 10.6 Å². The van der Waals surface area contributed by atoms with E-state index in [1.807, 2.05) is 6.92 Å². The number of hydrogen-bond donors (Lipinski definition) is 2. The Bertz CT molecular complexity index is 194. The second-order valence-corrected chi connectivity index (χ2v) is 2.87. The summed E-state index contributed by atoms with van der Waals surface area (Å²) in [5.74, 6) is -0.417. The van der Waals surface area contributed by atoms with E-state index in [1.54, 1.807) is 13.8 Å². The number of esters is 1. The summed E-state index contributed by atoms with van der Waals surface area (Å²) in [6.07, 6.45) is 0.862. The van der Waals surface area contributed by atoms with Crippen LogP contribution in [0.5, 0.6) is 0 Å². The van der Waals surface area contributed by atoms with Crippen LogP contribution in [0.25, 0.3) is 0 Å². The minimum absolute atomic E-state index is 0.321. The summed E-state index contributed by atoms with van der Waals surface area (Å²) in [5, 5.41) is 5.08. The quantitative estimate of drug-likeness (QED) is 0.643. The lowest BCUT2D eigenvalue weighted by molar-refractivity contribution is -0.144. The normalized spacial score (nSPS) is 11.6. The number of nitrogens with one attached hydrogen (secondary N) is 2. The molecule has 0 radical (unpaired) electrons. The van der Waals surface area contributed by atoms with Crippen molar-refractivity contribution in [3.8, 4) is 0 Å². The highest BCUT2D eigenvalue weighted by atomic mass is 16.5. The molecule has 1 atom stereocenters. The van der Waals surface area contributed by atoms with Crippen LogP contribution in [0.4, 0.5) is 4.79 Å². The van der Waals surface area contributed by atoms with E-state index in [0.717, 1.165) is 6.42 Å². The Morgan fingerprint density at radius 1 is 1.36 bits per heavy atom. The molecule has 0 aliphatic carbocycles. The summed E-state index contributed by atoms with van der Waals surface area (Å²) in [6.45, 7) is 6.18. The van der Waals surface area contributed by atoms with Crippen molar-refractivity contribution in [1.29, 1.82) is 0 Å². The molecule has 0 aromatic rings. The van der Waals surface area contributed by atoms with Crippen molar-refractivity contribution >= 4 is 12.0 Å². The van der Waals surface area contributed by atoms with Crippen LogP contribution in [0.2, 0.25) is 0 Å². The number of hydrogen-bond acceptors (Lipinski definition) is 3. The fourth-order valence-electron chi connectivity index (χ4n) is 0.812. The lowest BCUT2D eigenvalue weighted by atomic mass is 10.3. The van der Waals surface area contributed by atoms with E-state index in [4.69, 9.17) is 4.74 Å². The Balaban J connectivity index is 3.75. The molecule has 0 fully saturated rings. The van der Waals surface area contributed by atoms with Gasteiger partial charge in [0, 0.05) is 6.54 Å². The summed E-state index contributed by atoms with van der Waals surface area (Å²) in [4.78, 5) is 22.2. The average molecular weight is 202 g/mol. The number of amides is 2. The van der Waals surface area contributed by atoms with Crippen LogP contribution in [0.15, 0.2) is 0 Å². The van der Waals surface area contributed by atoms with Crippen molar-refractivity contribution in [2.45, 2.75) is 33.2 Å². The maximum absolute atomic E-state index is 11.1. The van der Waals surface area contributed by atoms with Gasteiger partial charge in [0.15, 0.2) is 0 Å². The Labute approximate surface area is 84.2 Å². The van der Waals surface area contributed by atoms with E-state index in [1.165, 1.54) is 0 Å². The van der Waals surface area contributed by atoms with Gasteiger partial charge in [-0.3, -0.25) is 0 Å². The van der Waals surface area contributed by atoms with E-state index in [9.17, 15) is 9.59 Å². The van der Waals surface area contributed by atoms with Gasteiger partial charge in [0.2, 0.25) is 0 Å². The monoisotopic (exact) mass is 202 g/mol. The third-order valence-electron chi connectivity index (χ3n) is 1.52. The second-order valence-electron chi connectivity index (χ2n) is 2.87. The van der Waals surface area contributed by atoms with Gasteiger partial charge < -0.3 is 15.4 Å². The molecule has 5 heteroatoms. The highest BCUT2D eigenvalue weighted by Crippen LogP contribution is 1.87. The largest absolute Gasteiger partial charge is 0.464 e. The standard InChI is InChI=1S/C9H18N2O3/c1-4-6-10-9(13)11-7(3)8(12)14-5-2/h7H,4-6H2,1-3H3,(H2,10,11,13). The molecule has 0 aromatic heterocycles. The molecule has 82 valence electrons. The number of urea groups is 1. The minimum Gasteiger partial charge on any atom is -0.464 e. The highest BCUT2D eigenvalue weighted by Gasteiger charge is 2.15. The fourth-order valence-corrected chi connectivity index (χ4v) is 0.812. The SMILES string of the molecule is CCCNC(=O)NC(C)C(=O)OCC. The van der Waals surface area contributed by atoms with Gasteiger partial charge in [-0.15, -0.1) is 0 Å². The van der Waals surface area contributed by atoms with Gasteiger partial charge in [-0.2, -0.15) is 0 Å². The smallest absolute Gasteiger partial charge is 0.328 e. The predicted molar refractivity (Wildman–Crippen MR) is 52.9 cm³/mol. The van der Waals surface area contributed by atoms with Gasteiger partial charge in [0.05, 0.1) is 6.61 Å². The molecular formula is C9H18N2O3. The first kappa shape index (κ1) is 12.7. The van der Waals surface area contributed by atoms with E-state index < -0.39 is 12.0 Å². The molecular weight excluding hydrogens is 184 g/mol. The van der Waals surface area contributed by atoms with Crippen molar-refractivity contribution in [2.75, 3.05) is 13.2 Å². The summed E-state index contributed by atoms with van der Waals surface area (Å²) in [7, 11) is 0. The molecule has 0 aliphatic heterocycles. The van der Waals surface area contributed by atoms with Gasteiger partial charge >= 0.3 is 12.0 Å². The third-order valence-corrected chi connectivity index (χ3v) is 1.52. The van der Waals surface area contributed by atoms with Crippen molar-refractivity contribution < 1.29 is 14.3 Å². The van der Waals surface area contributed by atoms with Crippen molar-refractivity contribution in [1.82, 2.24) is 10.6 Å². The first-order chi connectivity index (χ1) is 6.61. The number of carbonyl (C=O) groups excluding carboxylic acids is 2. The predicted octanol–water partition coefficient (Wildman–Crippen LogP) is 0.647. The summed E-state index contributed by atoms with van der Waals surface area (Å²) < 4.78 is 4.73. The van der Waals surface area contributed by atoms with E-state index in [-0.39, 0.29) is 6.03 Å². The molecule has 14 heavy (non-hydrogen) atoms. The zero-order valence-electron chi connectivity index (χ0n) is 8.92. The number of carbonyl (C=O) groups is 2. The van der Waals surface area contributed by atoms with Gasteiger partial charge in [0.25, 0.3) is 0 Å². The van der Waals surface area contributed by atoms with Crippen LogP contribution >= 0.6 is 0 Å². The van der Waals surface area contributed by atoms with E-state index in [0.29, 0.717) is 13.2 Å². The van der Waals surface area contributed by atoms with Crippen molar-refractivity contribution in [2.24, 2.45) is 0 Å². The minimum atomic E-state index is -0.605. The molecule has 2 amide bonds. The fraction of sp³-hybridized carbons (Fsp3) is 0.778. The van der Waals surface area contributed by atoms with Crippen molar-refractivity contribution in [3.63, 3.8) is 0 Å². The van der Waals surface area contributed by atoms with E-state index >= 15 is 0 Å². The zero-order chi connectivity index (χ0) is 11.0. The average Bonchev–Trinajstić information content (AvgIpc) is 2.15. The topological polar surface area (TPSA) is 67.4 Å². The second kappa shape index (κ2) is 7.17. The summed E-state index contributed by atoms with van der Waals surface area (Å²) in [6, 6.07) is -0.945. The zero-order valence-corrected chi connectivity index (χ0v) is 8.92. The molecule has 0 aliphatic rings. The van der Waals surface area contributed by atoms with Crippen molar-refractivity contribution in [3.05, 3.63) is 0 Å². The molecule has 0 spiro atoms. The third kappa shape index (κ3) is 5.40. The van der Waals surface area contributed by atoms with Gasteiger partial charge in [-0.1, -0.05) is 6.92 Å². The Hall–Kier alpha value is -1.26. The summed E-state index contributed by atoms with van der Waals surface area (Å²) >= 11 is 0. The molecule has 0 heterocycles. The van der Waals surface area contributed by atoms with Gasteiger partial charge in [-0.25, -0.2) is 9.59 Å². The molecule has 5 nitrogen and oxygen atoms in total. The molecule has 1 unspecified atom stereocenters. The van der Waals surface area contributed by atoms with Crippen LogP contribution in [-0.2, 0) is 9.53 Å². The first-order valence-corrected chi connectivity index (χ1v) is 4.82. The lowest BCUT2D eigenvalue weighted by Crippen LogP contribution is -2.45. The Morgan fingerprint density at radius 2 is 2.00 bits per heavy atom. The number of rotatable bonds is 5. The van der Waals surface area contributed by atoms with Crippen LogP contribution in [0.1, 0.15) is 27.2 Å². The molecule has 0 bridgehead atoms. The van der Waals surface area contributed by atoms with Gasteiger partial charge in [-0.05, 0) is 20.3 Å². The first-order valence-electron chi connectivity index (χ1n) is 4.82. The lowest BCUT2D eigenvalue weighted by Gasteiger charge is -2.12. The highest BCUT2D eigenvalue weighted by molar-refractivity contribution is 5.83. The molecule has 0 saturated carbocycles. The maximum Gasteiger partial charge on any atom is 0.328 e. The summed E-state index contributed by atoms with van der Waals surface area (Å²) in [5.41, 5.74) is 0. The molecule has 2 N–H and O–H groups in total. The molecule has 0 saturated heterocycles. The van der Waals surface area contributed by atoms with Crippen LogP contribution in [0, 0.1) is 0 Å². The van der Waals surface area contributed by atoms with E-state index in [2.05, 4.69) is 10.6 Å². The molecule has 0 rings (SSSR count). The maximum atomic E-state index is 11.1.